The summed E-state index contributed by atoms with van der Waals surface area (Å²) in [5.74, 6) is -0.0947. The van der Waals surface area contributed by atoms with E-state index in [1.165, 1.54) is 5.56 Å². The maximum atomic E-state index is 10.7. The highest BCUT2D eigenvalue weighted by molar-refractivity contribution is 5.87. The summed E-state index contributed by atoms with van der Waals surface area (Å²) in [5.41, 5.74) is 5.25. The average molecular weight is 455 g/mol. The van der Waals surface area contributed by atoms with Crippen LogP contribution in [-0.4, -0.2) is 49.9 Å². The molecule has 172 valence electrons. The van der Waals surface area contributed by atoms with Crippen molar-refractivity contribution in [2.75, 3.05) is 27.6 Å². The summed E-state index contributed by atoms with van der Waals surface area (Å²) >= 11 is 0. The van der Waals surface area contributed by atoms with Crippen LogP contribution < -0.4 is 24.3 Å². The highest BCUT2D eigenvalue weighted by Crippen LogP contribution is 2.56. The third-order valence-electron chi connectivity index (χ3n) is 5.59. The van der Waals surface area contributed by atoms with E-state index in [0.29, 0.717) is 11.5 Å². The van der Waals surface area contributed by atoms with Gasteiger partial charge in [-0.25, -0.2) is 4.79 Å². The number of alkyl halides is 3. The molecule has 0 radical (unpaired) electrons. The monoisotopic (exact) mass is 455 g/mol. The lowest BCUT2D eigenvalue weighted by Crippen LogP contribution is -2.34. The van der Waals surface area contributed by atoms with E-state index in [-0.39, 0.29) is 18.6 Å². The normalized spacial score (nSPS) is 17.5. The molecule has 0 spiro atoms. The topological polar surface area (TPSA) is 106 Å². The van der Waals surface area contributed by atoms with Crippen molar-refractivity contribution in [3.05, 3.63) is 28.8 Å². The molecule has 2 aliphatic heterocycles. The average Bonchev–Trinajstić information content (AvgIpc) is 3.20. The van der Waals surface area contributed by atoms with Crippen LogP contribution in [0.15, 0.2) is 12.1 Å². The van der Waals surface area contributed by atoms with Gasteiger partial charge in [0.05, 0.1) is 14.2 Å². The maximum absolute atomic E-state index is 10.7. The molecule has 2 aromatic carbocycles. The number of aromatic hydroxyl groups is 1. The van der Waals surface area contributed by atoms with Gasteiger partial charge in [0.25, 0.3) is 0 Å². The molecule has 0 saturated heterocycles. The number of fused-ring (bicyclic) bond motifs is 3. The molecule has 0 saturated carbocycles. The van der Waals surface area contributed by atoms with Crippen molar-refractivity contribution >= 4 is 5.97 Å². The number of ether oxygens (including phenoxy) is 4. The van der Waals surface area contributed by atoms with Gasteiger partial charge in [-0.15, -0.1) is 0 Å². The van der Waals surface area contributed by atoms with Gasteiger partial charge in [-0.3, -0.25) is 0 Å². The smallest absolute Gasteiger partial charge is 0.490 e. The van der Waals surface area contributed by atoms with Crippen LogP contribution in [0.5, 0.6) is 28.7 Å². The Hall–Kier alpha value is -3.34. The molecule has 3 N–H and O–H groups in total. The molecule has 11 heteroatoms. The van der Waals surface area contributed by atoms with Crippen LogP contribution in [0.4, 0.5) is 13.2 Å². The quantitative estimate of drug-likeness (QED) is 0.634. The first-order valence-electron chi connectivity index (χ1n) is 9.63. The zero-order valence-corrected chi connectivity index (χ0v) is 17.1. The third-order valence-corrected chi connectivity index (χ3v) is 5.59. The second-order valence-corrected chi connectivity index (χ2v) is 7.31. The minimum Gasteiger partial charge on any atom is -0.504 e. The number of hydrogen-bond acceptors (Lipinski definition) is 7. The van der Waals surface area contributed by atoms with E-state index in [9.17, 15) is 18.3 Å². The molecule has 0 amide bonds. The predicted octanol–water partition coefficient (Wildman–Crippen LogP) is 3.18. The molecular formula is C21H20F3NO7. The van der Waals surface area contributed by atoms with Gasteiger partial charge in [0.2, 0.25) is 12.5 Å². The van der Waals surface area contributed by atoms with E-state index >= 15 is 0 Å². The molecule has 0 unspecified atom stereocenters. The minimum absolute atomic E-state index is 0.136. The third kappa shape index (κ3) is 3.52. The fraction of sp³-hybridized carbons (Fsp3) is 0.381. The number of carbonyl (C=O) groups is 1. The summed E-state index contributed by atoms with van der Waals surface area (Å²) in [5, 5.41) is 21.4. The number of hydrogen-bond donors (Lipinski definition) is 3. The molecule has 2 heterocycles. The molecule has 8 nitrogen and oxygen atoms in total. The van der Waals surface area contributed by atoms with Crippen LogP contribution in [0.3, 0.4) is 0 Å². The molecule has 5 rings (SSSR count). The van der Waals surface area contributed by atoms with E-state index in [1.807, 2.05) is 6.07 Å². The van der Waals surface area contributed by atoms with Crippen molar-refractivity contribution in [1.29, 1.82) is 0 Å². The lowest BCUT2D eigenvalue weighted by atomic mass is 9.76. The largest absolute Gasteiger partial charge is 0.504 e. The second-order valence-electron chi connectivity index (χ2n) is 7.31. The molecular weight excluding hydrogens is 435 g/mol. The van der Waals surface area contributed by atoms with Gasteiger partial charge in [0.15, 0.2) is 23.0 Å². The Balaban J connectivity index is 0.000000307. The summed E-state index contributed by atoms with van der Waals surface area (Å²) < 4.78 is 54.0. The van der Waals surface area contributed by atoms with Gasteiger partial charge in [-0.05, 0) is 48.2 Å². The summed E-state index contributed by atoms with van der Waals surface area (Å²) in [6, 6.07) is 4.20. The number of phenols is 1. The van der Waals surface area contributed by atoms with E-state index in [2.05, 4.69) is 11.4 Å². The maximum Gasteiger partial charge on any atom is 0.490 e. The van der Waals surface area contributed by atoms with Crippen LogP contribution in [-0.2, 0) is 17.6 Å². The van der Waals surface area contributed by atoms with Crippen molar-refractivity contribution in [3.63, 3.8) is 0 Å². The van der Waals surface area contributed by atoms with Crippen molar-refractivity contribution in [1.82, 2.24) is 5.32 Å². The number of benzene rings is 2. The fourth-order valence-corrected chi connectivity index (χ4v) is 4.30. The van der Waals surface area contributed by atoms with E-state index < -0.39 is 12.1 Å². The Bertz CT molecular complexity index is 1080. The van der Waals surface area contributed by atoms with Gasteiger partial charge in [0, 0.05) is 17.2 Å². The molecule has 1 aliphatic carbocycles. The summed E-state index contributed by atoms with van der Waals surface area (Å²) in [6.07, 6.45) is -3.49. The van der Waals surface area contributed by atoms with Crippen LogP contribution in [0.25, 0.3) is 11.1 Å². The summed E-state index contributed by atoms with van der Waals surface area (Å²) in [7, 11) is 3.16. The van der Waals surface area contributed by atoms with Crippen LogP contribution in [0.1, 0.15) is 22.7 Å². The van der Waals surface area contributed by atoms with Gasteiger partial charge in [-0.1, -0.05) is 0 Å². The number of nitrogens with one attached hydrogen (secondary N) is 1. The molecule has 0 bridgehead atoms. The highest BCUT2D eigenvalue weighted by atomic mass is 19.4. The van der Waals surface area contributed by atoms with Crippen molar-refractivity contribution in [2.45, 2.75) is 25.1 Å². The number of halogens is 3. The number of aliphatic carboxylic acids is 1. The summed E-state index contributed by atoms with van der Waals surface area (Å²) in [4.78, 5) is 8.90. The SMILES string of the molecule is COc1c(O)c2c3c(c1OC)-c1cc4c(cc1C[C@@H]3NCC2)OCO4.O=C(O)C(F)(F)F. The number of phenolic OH excluding ortho intramolecular Hbond substituents is 1. The first kappa shape index (κ1) is 21.9. The van der Waals surface area contributed by atoms with Crippen LogP contribution in [0, 0.1) is 0 Å². The number of methoxy groups -OCH3 is 2. The number of carboxylic acid groups (broad SMARTS) is 1. The minimum atomic E-state index is -5.08. The molecule has 0 aromatic heterocycles. The van der Waals surface area contributed by atoms with E-state index in [1.54, 1.807) is 14.2 Å². The molecule has 32 heavy (non-hydrogen) atoms. The van der Waals surface area contributed by atoms with E-state index in [0.717, 1.165) is 53.1 Å². The van der Waals surface area contributed by atoms with Crippen molar-refractivity contribution in [3.8, 4) is 39.9 Å². The van der Waals surface area contributed by atoms with Crippen molar-refractivity contribution in [2.24, 2.45) is 0 Å². The zero-order chi connectivity index (χ0) is 23.2. The fourth-order valence-electron chi connectivity index (χ4n) is 4.30. The van der Waals surface area contributed by atoms with E-state index in [4.69, 9.17) is 28.8 Å². The van der Waals surface area contributed by atoms with Gasteiger partial charge < -0.3 is 34.5 Å². The zero-order valence-electron chi connectivity index (χ0n) is 17.1. The van der Waals surface area contributed by atoms with Crippen molar-refractivity contribution < 1.29 is 47.1 Å². The standard InChI is InChI=1S/C19H19NO5.C2HF3O2/c1-22-18-16-11-7-14-13(24-8-25-14)6-9(11)5-12-15(16)10(3-4-20-12)17(21)19(18)23-2;3-2(4,5)1(6)7/h6-7,12,20-21H,3-5,8H2,1-2H3;(H,6,7)/t12-;/m0./s1. The Morgan fingerprint density at radius 2 is 1.78 bits per heavy atom. The second kappa shape index (κ2) is 7.97. The molecule has 3 aliphatic rings. The van der Waals surface area contributed by atoms with Crippen LogP contribution in [0.2, 0.25) is 0 Å². The molecule has 0 fully saturated rings. The van der Waals surface area contributed by atoms with Crippen LogP contribution >= 0.6 is 0 Å². The Kier molecular flexibility index (Phi) is 5.45. The number of carboxylic acids is 1. The Morgan fingerprint density at radius 3 is 2.38 bits per heavy atom. The first-order chi connectivity index (χ1) is 15.2. The predicted molar refractivity (Wildman–Crippen MR) is 105 cm³/mol. The molecule has 1 atom stereocenters. The first-order valence-corrected chi connectivity index (χ1v) is 9.63. The Morgan fingerprint density at radius 1 is 1.16 bits per heavy atom. The lowest BCUT2D eigenvalue weighted by molar-refractivity contribution is -0.192. The molecule has 2 aromatic rings. The Labute approximate surface area is 180 Å². The highest BCUT2D eigenvalue weighted by Gasteiger charge is 2.39. The summed E-state index contributed by atoms with van der Waals surface area (Å²) in [6.45, 7) is 1.06. The lowest BCUT2D eigenvalue weighted by Gasteiger charge is -2.36. The van der Waals surface area contributed by atoms with Gasteiger partial charge in [-0.2, -0.15) is 13.2 Å². The van der Waals surface area contributed by atoms with Gasteiger partial charge >= 0.3 is 12.1 Å². The number of rotatable bonds is 2. The van der Waals surface area contributed by atoms with Gasteiger partial charge in [0.1, 0.15) is 0 Å².